The van der Waals surface area contributed by atoms with Gasteiger partial charge in [-0.25, -0.2) is 10.1 Å². The summed E-state index contributed by atoms with van der Waals surface area (Å²) >= 11 is 1.44. The summed E-state index contributed by atoms with van der Waals surface area (Å²) in [7, 11) is 0. The molecule has 4 aromatic rings. The van der Waals surface area contributed by atoms with E-state index in [1.807, 2.05) is 35.7 Å². The fourth-order valence-electron chi connectivity index (χ4n) is 2.72. The monoisotopic (exact) mass is 392 g/mol. The highest BCUT2D eigenvalue weighted by Crippen LogP contribution is 2.21. The Kier molecular flexibility index (Phi) is 5.11. The Balaban J connectivity index is 1.38. The van der Waals surface area contributed by atoms with Crippen molar-refractivity contribution in [3.8, 4) is 0 Å². The Morgan fingerprint density at radius 3 is 2.64 bits per heavy atom. The second-order valence-corrected chi connectivity index (χ2v) is 6.88. The molecule has 8 heteroatoms. The van der Waals surface area contributed by atoms with E-state index in [0.717, 1.165) is 10.8 Å². The molecule has 0 amide bonds. The zero-order chi connectivity index (χ0) is 19.3. The minimum absolute atomic E-state index is 0.0312. The summed E-state index contributed by atoms with van der Waals surface area (Å²) in [6.45, 7) is 0.0765. The molecule has 2 heterocycles. The third kappa shape index (κ3) is 4.07. The predicted octanol–water partition coefficient (Wildman–Crippen LogP) is 3.41. The molecule has 7 nitrogen and oxygen atoms in total. The van der Waals surface area contributed by atoms with Gasteiger partial charge in [0.2, 0.25) is 0 Å². The molecule has 0 unspecified atom stereocenters. The zero-order valence-electron chi connectivity index (χ0n) is 14.7. The van der Waals surface area contributed by atoms with Crippen LogP contribution in [0.4, 0.5) is 10.8 Å². The summed E-state index contributed by atoms with van der Waals surface area (Å²) in [5.74, 6) is -0.435. The lowest BCUT2D eigenvalue weighted by Gasteiger charge is -2.05. The number of esters is 1. The van der Waals surface area contributed by atoms with Crippen LogP contribution in [-0.4, -0.2) is 21.2 Å². The molecule has 0 aliphatic heterocycles. The summed E-state index contributed by atoms with van der Waals surface area (Å²) in [6.07, 6.45) is -0.0312. The van der Waals surface area contributed by atoms with Crippen molar-refractivity contribution in [1.82, 2.24) is 15.2 Å². The molecule has 0 saturated carbocycles. The summed E-state index contributed by atoms with van der Waals surface area (Å²) < 4.78 is 5.32. The number of thiazole rings is 1. The van der Waals surface area contributed by atoms with E-state index < -0.39 is 5.97 Å². The van der Waals surface area contributed by atoms with Crippen LogP contribution in [0, 0.1) is 0 Å². The molecule has 0 fully saturated rings. The zero-order valence-corrected chi connectivity index (χ0v) is 15.5. The van der Waals surface area contributed by atoms with Crippen molar-refractivity contribution in [3.05, 3.63) is 81.7 Å². The fourth-order valence-corrected chi connectivity index (χ4v) is 3.44. The molecule has 0 atom stereocenters. The number of carbonyl (C=O) groups is 1. The Hall–Kier alpha value is -3.52. The number of hydrogen-bond acceptors (Lipinski definition) is 7. The van der Waals surface area contributed by atoms with E-state index in [-0.39, 0.29) is 18.6 Å². The largest absolute Gasteiger partial charge is 0.459 e. The second-order valence-electron chi connectivity index (χ2n) is 6.02. The first-order valence-electron chi connectivity index (χ1n) is 8.57. The number of carbonyl (C=O) groups excluding carboxylic acids is 1. The molecule has 2 aromatic carbocycles. The minimum atomic E-state index is -0.435. The number of H-pyrrole nitrogens is 1. The van der Waals surface area contributed by atoms with E-state index in [2.05, 4.69) is 20.5 Å². The number of fused-ring (bicyclic) bond motifs is 1. The van der Waals surface area contributed by atoms with Gasteiger partial charge in [-0.1, -0.05) is 36.4 Å². The Morgan fingerprint density at radius 1 is 1.07 bits per heavy atom. The van der Waals surface area contributed by atoms with E-state index >= 15 is 0 Å². The molecule has 140 valence electrons. The smallest absolute Gasteiger partial charge is 0.312 e. The van der Waals surface area contributed by atoms with Gasteiger partial charge >= 0.3 is 5.97 Å². The Labute approximate surface area is 164 Å². The first-order chi connectivity index (χ1) is 13.7. The quantitative estimate of drug-likeness (QED) is 0.488. The van der Waals surface area contributed by atoms with Crippen molar-refractivity contribution in [3.63, 3.8) is 0 Å². The number of ether oxygens (including phenoxy) is 1. The number of benzene rings is 2. The van der Waals surface area contributed by atoms with Gasteiger partial charge in [0.15, 0.2) is 5.13 Å². The maximum atomic E-state index is 12.2. The van der Waals surface area contributed by atoms with Gasteiger partial charge in [0, 0.05) is 16.5 Å². The Bertz CT molecular complexity index is 1170. The number of hydrogen-bond donors (Lipinski definition) is 2. The van der Waals surface area contributed by atoms with Gasteiger partial charge in [0.25, 0.3) is 5.56 Å². The number of anilines is 2. The Morgan fingerprint density at radius 2 is 1.82 bits per heavy atom. The lowest BCUT2D eigenvalue weighted by atomic mass is 10.1. The topological polar surface area (TPSA) is 97.0 Å². The molecule has 28 heavy (non-hydrogen) atoms. The molecule has 4 rings (SSSR count). The third-order valence-electron chi connectivity index (χ3n) is 4.04. The molecule has 0 aliphatic rings. The molecule has 2 aromatic heterocycles. The van der Waals surface area contributed by atoms with Crippen LogP contribution in [0.2, 0.25) is 0 Å². The summed E-state index contributed by atoms with van der Waals surface area (Å²) in [5.41, 5.74) is 1.80. The van der Waals surface area contributed by atoms with E-state index in [1.54, 1.807) is 24.3 Å². The van der Waals surface area contributed by atoms with Crippen molar-refractivity contribution in [1.29, 1.82) is 0 Å². The molecular weight excluding hydrogens is 376 g/mol. The molecule has 0 radical (unpaired) electrons. The van der Waals surface area contributed by atoms with E-state index in [9.17, 15) is 9.59 Å². The van der Waals surface area contributed by atoms with E-state index in [4.69, 9.17) is 4.74 Å². The van der Waals surface area contributed by atoms with Crippen molar-refractivity contribution in [2.45, 2.75) is 13.0 Å². The fraction of sp³-hybridized carbons (Fsp3) is 0.100. The first kappa shape index (κ1) is 17.9. The van der Waals surface area contributed by atoms with Crippen LogP contribution in [-0.2, 0) is 22.6 Å². The van der Waals surface area contributed by atoms with Gasteiger partial charge in [0.05, 0.1) is 23.2 Å². The van der Waals surface area contributed by atoms with Gasteiger partial charge < -0.3 is 10.1 Å². The van der Waals surface area contributed by atoms with Crippen LogP contribution in [0.5, 0.6) is 0 Å². The van der Waals surface area contributed by atoms with Crippen LogP contribution in [0.1, 0.15) is 11.4 Å². The number of nitrogens with one attached hydrogen (secondary N) is 2. The normalized spacial score (nSPS) is 10.7. The van der Waals surface area contributed by atoms with Crippen molar-refractivity contribution < 1.29 is 9.53 Å². The van der Waals surface area contributed by atoms with Crippen LogP contribution in [0.3, 0.4) is 0 Å². The van der Waals surface area contributed by atoms with Crippen LogP contribution < -0.4 is 10.9 Å². The van der Waals surface area contributed by atoms with Crippen LogP contribution in [0.25, 0.3) is 10.8 Å². The maximum Gasteiger partial charge on any atom is 0.312 e. The summed E-state index contributed by atoms with van der Waals surface area (Å²) in [5, 5.41) is 13.3. The SMILES string of the molecule is O=C(Cc1n[nH]c(=O)c2ccccc12)OCc1csc(Nc2ccccc2)n1. The van der Waals surface area contributed by atoms with E-state index in [1.165, 1.54) is 11.3 Å². The highest BCUT2D eigenvalue weighted by molar-refractivity contribution is 7.13. The third-order valence-corrected chi connectivity index (χ3v) is 4.85. The molecule has 2 N–H and O–H groups in total. The summed E-state index contributed by atoms with van der Waals surface area (Å²) in [6, 6.07) is 16.7. The minimum Gasteiger partial charge on any atom is -0.459 e. The first-order valence-corrected chi connectivity index (χ1v) is 9.45. The lowest BCUT2D eigenvalue weighted by molar-refractivity contribution is -0.144. The number of para-hydroxylation sites is 1. The molecule has 0 saturated heterocycles. The number of rotatable bonds is 6. The lowest BCUT2D eigenvalue weighted by Crippen LogP contribution is -2.15. The van der Waals surface area contributed by atoms with Crippen LogP contribution in [0.15, 0.2) is 64.8 Å². The van der Waals surface area contributed by atoms with Crippen LogP contribution >= 0.6 is 11.3 Å². The predicted molar refractivity (Wildman–Crippen MR) is 108 cm³/mol. The number of aromatic nitrogens is 3. The van der Waals surface area contributed by atoms with Gasteiger partial charge in [-0.2, -0.15) is 5.10 Å². The van der Waals surface area contributed by atoms with Crippen molar-refractivity contribution in [2.75, 3.05) is 5.32 Å². The number of nitrogens with zero attached hydrogens (tertiary/aromatic N) is 2. The number of aromatic amines is 1. The molecular formula is C20H16N4O3S. The summed E-state index contributed by atoms with van der Waals surface area (Å²) in [4.78, 5) is 28.4. The average Bonchev–Trinajstić information content (AvgIpc) is 3.17. The highest BCUT2D eigenvalue weighted by atomic mass is 32.1. The van der Waals surface area contributed by atoms with Gasteiger partial charge in [-0.15, -0.1) is 11.3 Å². The van der Waals surface area contributed by atoms with Gasteiger partial charge in [0.1, 0.15) is 6.61 Å². The van der Waals surface area contributed by atoms with Crippen molar-refractivity contribution >= 4 is 38.9 Å². The molecule has 0 aliphatic carbocycles. The van der Waals surface area contributed by atoms with Gasteiger partial charge in [-0.05, 0) is 18.2 Å². The van der Waals surface area contributed by atoms with Crippen molar-refractivity contribution in [2.24, 2.45) is 0 Å². The molecule has 0 bridgehead atoms. The maximum absolute atomic E-state index is 12.2. The standard InChI is InChI=1S/C20H16N4O3S/c25-18(10-17-15-8-4-5-9-16(15)19(26)24-23-17)27-11-14-12-28-20(22-14)21-13-6-2-1-3-7-13/h1-9,12H,10-11H2,(H,21,22)(H,24,26). The second kappa shape index (κ2) is 8.01. The van der Waals surface area contributed by atoms with E-state index in [0.29, 0.717) is 22.2 Å². The van der Waals surface area contributed by atoms with Gasteiger partial charge in [-0.3, -0.25) is 9.59 Å². The average molecular weight is 392 g/mol. The highest BCUT2D eigenvalue weighted by Gasteiger charge is 2.12. The molecule has 0 spiro atoms.